The summed E-state index contributed by atoms with van der Waals surface area (Å²) in [4.78, 5) is 17.5. The van der Waals surface area contributed by atoms with Crippen molar-refractivity contribution in [1.82, 2.24) is 4.57 Å². The number of aromatic nitrogens is 1. The van der Waals surface area contributed by atoms with Gasteiger partial charge in [-0.25, -0.2) is 8.42 Å². The zero-order valence-electron chi connectivity index (χ0n) is 14.4. The molecule has 6 heteroatoms. The third-order valence-electron chi connectivity index (χ3n) is 3.54. The van der Waals surface area contributed by atoms with E-state index in [1.54, 1.807) is 30.5 Å². The SMILES string of the molecule is CCc1ccc(C(=O)n2ccccc2=NC(C)C)cc1S(C)(=O)=O. The van der Waals surface area contributed by atoms with E-state index in [0.717, 1.165) is 6.26 Å². The largest absolute Gasteiger partial charge is 0.268 e. The van der Waals surface area contributed by atoms with Crippen LogP contribution in [0.3, 0.4) is 0 Å². The number of pyridine rings is 1. The first-order valence-electron chi connectivity index (χ1n) is 7.83. The molecule has 128 valence electrons. The van der Waals surface area contributed by atoms with Gasteiger partial charge in [0.1, 0.15) is 5.49 Å². The highest BCUT2D eigenvalue weighted by Gasteiger charge is 2.17. The number of benzene rings is 1. The molecular weight excluding hydrogens is 324 g/mol. The Hall–Kier alpha value is -2.21. The number of nitrogens with zero attached hydrogens (tertiary/aromatic N) is 2. The van der Waals surface area contributed by atoms with Gasteiger partial charge in [0.15, 0.2) is 9.84 Å². The van der Waals surface area contributed by atoms with E-state index in [0.29, 0.717) is 23.0 Å². The smallest absolute Gasteiger partial charge is 0.263 e. The molecule has 0 atom stereocenters. The second kappa shape index (κ2) is 7.13. The van der Waals surface area contributed by atoms with Crippen LogP contribution in [-0.4, -0.2) is 31.2 Å². The van der Waals surface area contributed by atoms with Crippen molar-refractivity contribution < 1.29 is 13.2 Å². The number of sulfone groups is 1. The van der Waals surface area contributed by atoms with Gasteiger partial charge in [-0.05, 0) is 50.1 Å². The Morgan fingerprint density at radius 3 is 2.50 bits per heavy atom. The summed E-state index contributed by atoms with van der Waals surface area (Å²) in [6, 6.07) is 10.2. The molecule has 0 spiro atoms. The first-order chi connectivity index (χ1) is 11.2. The number of hydrogen-bond donors (Lipinski definition) is 0. The minimum Gasteiger partial charge on any atom is -0.268 e. The molecule has 0 fully saturated rings. The lowest BCUT2D eigenvalue weighted by molar-refractivity contribution is 0.0954. The van der Waals surface area contributed by atoms with E-state index in [1.807, 2.05) is 26.8 Å². The highest BCUT2D eigenvalue weighted by Crippen LogP contribution is 2.19. The average Bonchev–Trinajstić information content (AvgIpc) is 2.52. The molecule has 1 heterocycles. The molecule has 1 aromatic carbocycles. The molecule has 5 nitrogen and oxygen atoms in total. The molecule has 0 saturated carbocycles. The molecule has 0 N–H and O–H groups in total. The van der Waals surface area contributed by atoms with Gasteiger partial charge in [-0.15, -0.1) is 0 Å². The van der Waals surface area contributed by atoms with Gasteiger partial charge in [-0.2, -0.15) is 0 Å². The fourth-order valence-corrected chi connectivity index (χ4v) is 3.47. The Kier molecular flexibility index (Phi) is 5.39. The zero-order chi connectivity index (χ0) is 17.9. The van der Waals surface area contributed by atoms with Crippen LogP contribution in [0, 0.1) is 0 Å². The molecule has 2 rings (SSSR count). The van der Waals surface area contributed by atoms with Crippen LogP contribution in [0.2, 0.25) is 0 Å². The van der Waals surface area contributed by atoms with Crippen LogP contribution in [0.1, 0.15) is 36.7 Å². The standard InChI is InChI=1S/C18H22N2O3S/c1-5-14-9-10-15(12-16(14)24(4,22)23)18(21)20-11-7-6-8-17(20)19-13(2)3/h6-13H,5H2,1-4H3. The van der Waals surface area contributed by atoms with E-state index < -0.39 is 9.84 Å². The summed E-state index contributed by atoms with van der Waals surface area (Å²) in [5.41, 5.74) is 1.57. The van der Waals surface area contributed by atoms with E-state index in [2.05, 4.69) is 4.99 Å². The minimum absolute atomic E-state index is 0.0421. The summed E-state index contributed by atoms with van der Waals surface area (Å²) in [6.07, 6.45) is 3.38. The van der Waals surface area contributed by atoms with Gasteiger partial charge >= 0.3 is 0 Å². The van der Waals surface area contributed by atoms with Crippen LogP contribution in [0.4, 0.5) is 0 Å². The van der Waals surface area contributed by atoms with Crippen molar-refractivity contribution in [2.24, 2.45) is 4.99 Å². The molecule has 0 bridgehead atoms. The topological polar surface area (TPSA) is 68.5 Å². The number of carbonyl (C=O) groups excluding carboxylic acids is 1. The minimum atomic E-state index is -3.40. The van der Waals surface area contributed by atoms with E-state index in [9.17, 15) is 13.2 Å². The Bertz CT molecular complexity index is 925. The predicted octanol–water partition coefficient (Wildman–Crippen LogP) is 2.45. The number of aryl methyl sites for hydroxylation is 1. The highest BCUT2D eigenvalue weighted by molar-refractivity contribution is 7.90. The third-order valence-corrected chi connectivity index (χ3v) is 4.72. The van der Waals surface area contributed by atoms with E-state index in [4.69, 9.17) is 0 Å². The maximum Gasteiger partial charge on any atom is 0.263 e. The number of hydrogen-bond acceptors (Lipinski definition) is 4. The first kappa shape index (κ1) is 18.1. The molecule has 0 unspecified atom stereocenters. The monoisotopic (exact) mass is 346 g/mol. The van der Waals surface area contributed by atoms with Gasteiger partial charge in [0.25, 0.3) is 5.91 Å². The van der Waals surface area contributed by atoms with Crippen molar-refractivity contribution in [1.29, 1.82) is 0 Å². The average molecular weight is 346 g/mol. The molecule has 24 heavy (non-hydrogen) atoms. The van der Waals surface area contributed by atoms with Crippen LogP contribution >= 0.6 is 0 Å². The predicted molar refractivity (Wildman–Crippen MR) is 93.8 cm³/mol. The zero-order valence-corrected chi connectivity index (χ0v) is 15.2. The molecule has 0 radical (unpaired) electrons. The van der Waals surface area contributed by atoms with Crippen molar-refractivity contribution in [3.8, 4) is 0 Å². The highest BCUT2D eigenvalue weighted by atomic mass is 32.2. The van der Waals surface area contributed by atoms with Crippen LogP contribution in [0.5, 0.6) is 0 Å². The molecule has 1 aromatic heterocycles. The third kappa shape index (κ3) is 4.00. The summed E-state index contributed by atoms with van der Waals surface area (Å²) in [6.45, 7) is 5.75. The van der Waals surface area contributed by atoms with E-state index in [1.165, 1.54) is 10.6 Å². The Labute approximate surface area is 142 Å². The molecule has 0 aliphatic carbocycles. The summed E-state index contributed by atoms with van der Waals surface area (Å²) in [5.74, 6) is -0.303. The van der Waals surface area contributed by atoms with E-state index in [-0.39, 0.29) is 16.8 Å². The van der Waals surface area contributed by atoms with Crippen LogP contribution in [0.25, 0.3) is 0 Å². The Morgan fingerprint density at radius 2 is 1.92 bits per heavy atom. The maximum atomic E-state index is 12.8. The van der Waals surface area contributed by atoms with Crippen molar-refractivity contribution in [2.45, 2.75) is 38.1 Å². The quantitative estimate of drug-likeness (QED) is 0.854. The normalized spacial score (nSPS) is 12.6. The van der Waals surface area contributed by atoms with Crippen LogP contribution in [-0.2, 0) is 16.3 Å². The van der Waals surface area contributed by atoms with Gasteiger partial charge in [-0.1, -0.05) is 19.1 Å². The van der Waals surface area contributed by atoms with Crippen molar-refractivity contribution in [2.75, 3.05) is 6.26 Å². The van der Waals surface area contributed by atoms with Crippen LogP contribution < -0.4 is 5.49 Å². The van der Waals surface area contributed by atoms with Gasteiger partial charge in [-0.3, -0.25) is 14.4 Å². The second-order valence-corrected chi connectivity index (χ2v) is 7.89. The summed E-state index contributed by atoms with van der Waals surface area (Å²) >= 11 is 0. The molecule has 0 aliphatic rings. The molecule has 0 amide bonds. The molecule has 2 aromatic rings. The lowest BCUT2D eigenvalue weighted by Crippen LogP contribution is -2.28. The molecular formula is C18H22N2O3S. The van der Waals surface area contributed by atoms with Crippen molar-refractivity contribution >= 4 is 15.7 Å². The first-order valence-corrected chi connectivity index (χ1v) is 9.72. The summed E-state index contributed by atoms with van der Waals surface area (Å²) < 4.78 is 25.4. The van der Waals surface area contributed by atoms with Gasteiger partial charge in [0.2, 0.25) is 0 Å². The summed E-state index contributed by atoms with van der Waals surface area (Å²) in [5, 5.41) is 0. The van der Waals surface area contributed by atoms with Crippen molar-refractivity contribution in [3.63, 3.8) is 0 Å². The lowest BCUT2D eigenvalue weighted by Gasteiger charge is -2.11. The van der Waals surface area contributed by atoms with Crippen LogP contribution in [0.15, 0.2) is 52.5 Å². The molecule has 0 aliphatic heterocycles. The fourth-order valence-electron chi connectivity index (χ4n) is 2.44. The Balaban J connectivity index is 2.61. The van der Waals surface area contributed by atoms with Gasteiger partial charge in [0.05, 0.1) is 4.90 Å². The van der Waals surface area contributed by atoms with Gasteiger partial charge in [0, 0.05) is 24.1 Å². The van der Waals surface area contributed by atoms with Gasteiger partial charge < -0.3 is 0 Å². The lowest BCUT2D eigenvalue weighted by atomic mass is 10.1. The maximum absolute atomic E-state index is 12.8. The number of rotatable bonds is 4. The van der Waals surface area contributed by atoms with E-state index >= 15 is 0 Å². The number of carbonyl (C=O) groups is 1. The van der Waals surface area contributed by atoms with Crippen molar-refractivity contribution in [3.05, 3.63) is 59.2 Å². The molecule has 0 saturated heterocycles. The fraction of sp³-hybridized carbons (Fsp3) is 0.333. The summed E-state index contributed by atoms with van der Waals surface area (Å²) in [7, 11) is -3.40. The second-order valence-electron chi connectivity index (χ2n) is 5.91. The Morgan fingerprint density at radius 1 is 1.21 bits per heavy atom.